The Kier molecular flexibility index (Phi) is 10.2. The molecule has 0 aliphatic rings. The van der Waals surface area contributed by atoms with E-state index in [9.17, 15) is 5.26 Å². The van der Waals surface area contributed by atoms with E-state index < -0.39 is 0 Å². The number of pyridine rings is 1. The lowest BCUT2D eigenvalue weighted by Crippen LogP contribution is -1.99. The molecule has 0 atom stereocenters. The molecule has 0 fully saturated rings. The van der Waals surface area contributed by atoms with Gasteiger partial charge in [-0.1, -0.05) is 66.5 Å². The Morgan fingerprint density at radius 3 is 2.32 bits per heavy atom. The lowest BCUT2D eigenvalue weighted by Gasteiger charge is -2.03. The molecule has 0 N–H and O–H groups in total. The van der Waals surface area contributed by atoms with Gasteiger partial charge in [-0.15, -0.1) is 0 Å². The zero-order chi connectivity index (χ0) is 25.1. The van der Waals surface area contributed by atoms with Crippen LogP contribution in [0.15, 0.2) is 43.8 Å². The number of aromatic nitrogens is 5. The normalized spacial score (nSPS) is 10.1. The van der Waals surface area contributed by atoms with Gasteiger partial charge in [0.15, 0.2) is 0 Å². The highest BCUT2D eigenvalue weighted by Crippen LogP contribution is 2.25. The summed E-state index contributed by atoms with van der Waals surface area (Å²) < 4.78 is 3.88. The second-order valence-corrected chi connectivity index (χ2v) is 7.69. The molecular weight excluding hydrogens is 420 g/mol. The van der Waals surface area contributed by atoms with Crippen LogP contribution in [0.25, 0.3) is 34.2 Å². The minimum Gasteiger partial charge on any atom is -0.330 e. The number of nitriles is 1. The fourth-order valence-electron chi connectivity index (χ4n) is 3.68. The van der Waals surface area contributed by atoms with Gasteiger partial charge in [0.05, 0.1) is 34.6 Å². The van der Waals surface area contributed by atoms with Gasteiger partial charge in [0.25, 0.3) is 0 Å². The minimum absolute atomic E-state index is 0.576. The van der Waals surface area contributed by atoms with Crippen molar-refractivity contribution < 1.29 is 0 Å². The highest BCUT2D eigenvalue weighted by atomic mass is 15.1. The topological polar surface area (TPSA) is 72.3 Å². The van der Waals surface area contributed by atoms with Crippen LogP contribution in [0.5, 0.6) is 0 Å². The van der Waals surface area contributed by atoms with Gasteiger partial charge in [0.2, 0.25) is 0 Å². The van der Waals surface area contributed by atoms with Crippen LogP contribution in [0, 0.1) is 11.3 Å². The third-order valence-corrected chi connectivity index (χ3v) is 5.41. The summed E-state index contributed by atoms with van der Waals surface area (Å²) in [6.45, 7) is 16.0. The number of hydrogen-bond donors (Lipinski definition) is 0. The first-order valence-electron chi connectivity index (χ1n) is 12.0. The number of fused-ring (bicyclic) bond motifs is 3. The van der Waals surface area contributed by atoms with Crippen molar-refractivity contribution in [2.75, 3.05) is 0 Å². The monoisotopic (exact) mass is 456 g/mol. The Bertz CT molecular complexity index is 1260. The van der Waals surface area contributed by atoms with Crippen LogP contribution in [-0.4, -0.2) is 24.1 Å². The number of hydrogen-bond acceptors (Lipinski definition) is 4. The highest BCUT2D eigenvalue weighted by Gasteiger charge is 2.14. The molecule has 4 aromatic rings. The minimum atomic E-state index is 0.576. The Balaban J connectivity index is 0.000000447. The molecule has 0 saturated heterocycles. The van der Waals surface area contributed by atoms with Crippen molar-refractivity contribution in [3.8, 4) is 6.07 Å². The van der Waals surface area contributed by atoms with E-state index in [0.717, 1.165) is 39.3 Å². The molecule has 3 heterocycles. The van der Waals surface area contributed by atoms with Crippen molar-refractivity contribution in [2.45, 2.75) is 59.8 Å². The second kappa shape index (κ2) is 13.1. The van der Waals surface area contributed by atoms with Crippen molar-refractivity contribution >= 4 is 34.2 Å². The smallest absolute Gasteiger partial charge is 0.136 e. The number of aryl methyl sites for hydroxylation is 1. The van der Waals surface area contributed by atoms with Crippen molar-refractivity contribution in [1.82, 2.24) is 24.1 Å². The summed E-state index contributed by atoms with van der Waals surface area (Å²) in [6.07, 6.45) is 13.2. The van der Waals surface area contributed by atoms with E-state index in [1.165, 1.54) is 25.7 Å². The third kappa shape index (κ3) is 5.99. The molecule has 4 rings (SSSR count). The maximum atomic E-state index is 9.19. The Morgan fingerprint density at radius 1 is 1.06 bits per heavy atom. The molecule has 0 aliphatic carbocycles. The summed E-state index contributed by atoms with van der Waals surface area (Å²) in [5, 5.41) is 10.1. The Hall–Kier alpha value is -3.72. The highest BCUT2D eigenvalue weighted by molar-refractivity contribution is 6.02. The van der Waals surface area contributed by atoms with Gasteiger partial charge in [-0.3, -0.25) is 4.98 Å². The number of imidazole rings is 2. The molecule has 6 nitrogen and oxygen atoms in total. The molecule has 0 spiro atoms. The van der Waals surface area contributed by atoms with Crippen molar-refractivity contribution in [3.05, 3.63) is 66.7 Å². The van der Waals surface area contributed by atoms with Gasteiger partial charge < -0.3 is 9.13 Å². The summed E-state index contributed by atoms with van der Waals surface area (Å²) in [5.41, 5.74) is 4.10. The number of benzene rings is 1. The van der Waals surface area contributed by atoms with Crippen molar-refractivity contribution in [1.29, 1.82) is 5.26 Å². The van der Waals surface area contributed by atoms with E-state index in [4.69, 9.17) is 4.98 Å². The van der Waals surface area contributed by atoms with Gasteiger partial charge in [-0.05, 0) is 24.3 Å². The number of nitrogens with zero attached hydrogens (tertiary/aromatic N) is 6. The Labute approximate surface area is 203 Å². The van der Waals surface area contributed by atoms with E-state index in [2.05, 4.69) is 43.0 Å². The quantitative estimate of drug-likeness (QED) is 0.277. The molecule has 3 aromatic heterocycles. The van der Waals surface area contributed by atoms with Gasteiger partial charge >= 0.3 is 0 Å². The lowest BCUT2D eigenvalue weighted by atomic mass is 10.1. The van der Waals surface area contributed by atoms with Crippen LogP contribution in [0.4, 0.5) is 0 Å². The largest absolute Gasteiger partial charge is 0.330 e. The van der Waals surface area contributed by atoms with E-state index >= 15 is 0 Å². The summed E-state index contributed by atoms with van der Waals surface area (Å²) in [4.78, 5) is 13.7. The Morgan fingerprint density at radius 2 is 1.76 bits per heavy atom. The molecule has 0 unspecified atom stereocenters. The molecule has 0 aliphatic heterocycles. The van der Waals surface area contributed by atoms with Crippen LogP contribution < -0.4 is 0 Å². The predicted molar refractivity (Wildman–Crippen MR) is 143 cm³/mol. The summed E-state index contributed by atoms with van der Waals surface area (Å²) in [7, 11) is 1.97. The van der Waals surface area contributed by atoms with E-state index in [-0.39, 0.29) is 0 Å². The van der Waals surface area contributed by atoms with Gasteiger partial charge in [-0.25, -0.2) is 9.97 Å². The standard InChI is InChI=1S/C20H16N6.C6H14.C2H6/c1-4-18-23-14(12-26(18)5-2)9-19-24-17-11-22-16-7-6-13(10-21)8-15(16)20(17)25(19)3;1-3-5-6-4-2;1-2/h4-8,11-12H,1-2,9H2,3H3;3-6H2,1-2H3;1-2H3. The molecule has 1 aromatic carbocycles. The van der Waals surface area contributed by atoms with Gasteiger partial charge in [0.1, 0.15) is 17.2 Å². The maximum absolute atomic E-state index is 9.19. The number of rotatable bonds is 7. The average Bonchev–Trinajstić information content (AvgIpc) is 3.44. The SMILES string of the molecule is C=Cc1nc(Cc2nc3cnc4ccc(C#N)cc4c3n2C)cn1C=C.CC.CCCCCC. The van der Waals surface area contributed by atoms with Crippen LogP contribution in [0.2, 0.25) is 0 Å². The predicted octanol–water partition coefficient (Wildman–Crippen LogP) is 7.14. The number of unbranched alkanes of at least 4 members (excludes halogenated alkanes) is 3. The van der Waals surface area contributed by atoms with E-state index in [1.54, 1.807) is 24.5 Å². The van der Waals surface area contributed by atoms with Gasteiger partial charge in [0, 0.05) is 31.3 Å². The fraction of sp³-hybridized carbons (Fsp3) is 0.357. The lowest BCUT2D eigenvalue weighted by molar-refractivity contribution is 0.702. The molecule has 178 valence electrons. The van der Waals surface area contributed by atoms with Crippen molar-refractivity contribution in [3.63, 3.8) is 0 Å². The molecular formula is C28H36N6. The summed E-state index contributed by atoms with van der Waals surface area (Å²) in [6, 6.07) is 7.68. The third-order valence-electron chi connectivity index (χ3n) is 5.41. The fourth-order valence-corrected chi connectivity index (χ4v) is 3.68. The van der Waals surface area contributed by atoms with Crippen LogP contribution in [-0.2, 0) is 13.5 Å². The first kappa shape index (κ1) is 26.5. The maximum Gasteiger partial charge on any atom is 0.136 e. The average molecular weight is 457 g/mol. The van der Waals surface area contributed by atoms with Crippen molar-refractivity contribution in [2.24, 2.45) is 7.05 Å². The molecule has 34 heavy (non-hydrogen) atoms. The molecule has 6 heteroatoms. The first-order valence-corrected chi connectivity index (χ1v) is 12.0. The van der Waals surface area contributed by atoms with Crippen LogP contribution >= 0.6 is 0 Å². The van der Waals surface area contributed by atoms with E-state index in [0.29, 0.717) is 12.0 Å². The zero-order valence-corrected chi connectivity index (χ0v) is 21.2. The van der Waals surface area contributed by atoms with Crippen LogP contribution in [0.1, 0.15) is 76.3 Å². The summed E-state index contributed by atoms with van der Waals surface area (Å²) >= 11 is 0. The van der Waals surface area contributed by atoms with Crippen LogP contribution in [0.3, 0.4) is 0 Å². The summed E-state index contributed by atoms with van der Waals surface area (Å²) in [5.74, 6) is 1.63. The second-order valence-electron chi connectivity index (χ2n) is 7.69. The molecule has 0 bridgehead atoms. The first-order chi connectivity index (χ1) is 16.6. The molecule has 0 radical (unpaired) electrons. The van der Waals surface area contributed by atoms with E-state index in [1.807, 2.05) is 48.4 Å². The molecule has 0 amide bonds. The molecule has 0 saturated carbocycles. The zero-order valence-electron chi connectivity index (χ0n) is 21.2. The van der Waals surface area contributed by atoms with Gasteiger partial charge in [-0.2, -0.15) is 5.26 Å².